The highest BCUT2D eigenvalue weighted by Crippen LogP contribution is 2.16. The summed E-state index contributed by atoms with van der Waals surface area (Å²) in [6, 6.07) is 3.82. The molecule has 0 aromatic carbocycles. The fraction of sp³-hybridized carbons (Fsp3) is 0.273. The van der Waals surface area contributed by atoms with E-state index in [4.69, 9.17) is 0 Å². The van der Waals surface area contributed by atoms with Crippen molar-refractivity contribution in [3.05, 3.63) is 36.3 Å². The van der Waals surface area contributed by atoms with Crippen LogP contribution < -0.4 is 5.32 Å². The molecule has 0 saturated carbocycles. The van der Waals surface area contributed by atoms with Gasteiger partial charge in [0.1, 0.15) is 0 Å². The van der Waals surface area contributed by atoms with Crippen molar-refractivity contribution in [2.24, 2.45) is 0 Å². The minimum atomic E-state index is -0.514. The van der Waals surface area contributed by atoms with Crippen molar-refractivity contribution in [3.8, 4) is 0 Å². The van der Waals surface area contributed by atoms with Gasteiger partial charge in [0.05, 0.1) is 17.8 Å². The first-order valence-corrected chi connectivity index (χ1v) is 4.83. The molecule has 1 atom stereocenters. The lowest BCUT2D eigenvalue weighted by molar-refractivity contribution is 0.177. The highest BCUT2D eigenvalue weighted by molar-refractivity contribution is 5.77. The third kappa shape index (κ3) is 2.11. The van der Waals surface area contributed by atoms with E-state index in [2.05, 4.69) is 15.3 Å². The SMILES string of the molecule is CNCC(O)c1cnc2cnccc2c1. The van der Waals surface area contributed by atoms with Crippen LogP contribution in [0.25, 0.3) is 10.9 Å². The van der Waals surface area contributed by atoms with Crippen LogP contribution in [-0.4, -0.2) is 28.7 Å². The first-order valence-electron chi connectivity index (χ1n) is 4.83. The molecule has 2 rings (SSSR count). The maximum absolute atomic E-state index is 9.76. The van der Waals surface area contributed by atoms with Crippen molar-refractivity contribution in [1.29, 1.82) is 0 Å². The molecule has 2 heterocycles. The Hall–Kier alpha value is -1.52. The van der Waals surface area contributed by atoms with E-state index in [9.17, 15) is 5.11 Å². The van der Waals surface area contributed by atoms with Crippen LogP contribution in [0.15, 0.2) is 30.7 Å². The van der Waals surface area contributed by atoms with E-state index in [1.165, 1.54) is 0 Å². The molecule has 4 nitrogen and oxygen atoms in total. The van der Waals surface area contributed by atoms with E-state index < -0.39 is 6.10 Å². The molecule has 0 radical (unpaired) electrons. The van der Waals surface area contributed by atoms with E-state index in [0.717, 1.165) is 16.5 Å². The van der Waals surface area contributed by atoms with Gasteiger partial charge in [0, 0.05) is 29.9 Å². The average Bonchev–Trinajstić information content (AvgIpc) is 2.29. The third-order valence-corrected chi connectivity index (χ3v) is 2.29. The molecule has 15 heavy (non-hydrogen) atoms. The van der Waals surface area contributed by atoms with Gasteiger partial charge in [-0.1, -0.05) is 0 Å². The maximum Gasteiger partial charge on any atom is 0.0929 e. The number of pyridine rings is 2. The molecule has 0 aliphatic rings. The van der Waals surface area contributed by atoms with E-state index >= 15 is 0 Å². The van der Waals surface area contributed by atoms with E-state index in [1.807, 2.05) is 19.2 Å². The number of hydrogen-bond donors (Lipinski definition) is 2. The van der Waals surface area contributed by atoms with Gasteiger partial charge in [0.15, 0.2) is 0 Å². The van der Waals surface area contributed by atoms with Gasteiger partial charge in [-0.05, 0) is 19.2 Å². The summed E-state index contributed by atoms with van der Waals surface area (Å²) < 4.78 is 0. The van der Waals surface area contributed by atoms with E-state index in [-0.39, 0.29) is 0 Å². The van der Waals surface area contributed by atoms with Gasteiger partial charge in [-0.3, -0.25) is 9.97 Å². The van der Waals surface area contributed by atoms with Gasteiger partial charge in [-0.2, -0.15) is 0 Å². The standard InChI is InChI=1S/C11H13N3O/c1-12-7-11(15)9-4-8-2-3-13-6-10(8)14-5-9/h2-6,11-12,15H,7H2,1H3. The molecule has 2 aromatic heterocycles. The molecular formula is C11H13N3O. The minimum Gasteiger partial charge on any atom is -0.387 e. The van der Waals surface area contributed by atoms with Crippen LogP contribution in [0.5, 0.6) is 0 Å². The van der Waals surface area contributed by atoms with Gasteiger partial charge >= 0.3 is 0 Å². The zero-order valence-electron chi connectivity index (χ0n) is 8.51. The van der Waals surface area contributed by atoms with Crippen LogP contribution in [0.4, 0.5) is 0 Å². The molecule has 0 aliphatic heterocycles. The van der Waals surface area contributed by atoms with Crippen LogP contribution in [0.2, 0.25) is 0 Å². The molecule has 0 saturated heterocycles. The minimum absolute atomic E-state index is 0.514. The van der Waals surface area contributed by atoms with Crippen molar-refractivity contribution in [2.45, 2.75) is 6.10 Å². The molecule has 0 amide bonds. The largest absolute Gasteiger partial charge is 0.387 e. The fourth-order valence-corrected chi connectivity index (χ4v) is 1.48. The van der Waals surface area contributed by atoms with Crippen molar-refractivity contribution in [3.63, 3.8) is 0 Å². The highest BCUT2D eigenvalue weighted by Gasteiger charge is 2.07. The highest BCUT2D eigenvalue weighted by atomic mass is 16.3. The van der Waals surface area contributed by atoms with E-state index in [0.29, 0.717) is 6.54 Å². The van der Waals surface area contributed by atoms with Crippen molar-refractivity contribution >= 4 is 10.9 Å². The molecular weight excluding hydrogens is 190 g/mol. The summed E-state index contributed by atoms with van der Waals surface area (Å²) in [5, 5.41) is 13.7. The topological polar surface area (TPSA) is 58.0 Å². The van der Waals surface area contributed by atoms with Gasteiger partial charge < -0.3 is 10.4 Å². The number of aromatic nitrogens is 2. The van der Waals surface area contributed by atoms with Gasteiger partial charge in [0.2, 0.25) is 0 Å². The summed E-state index contributed by atoms with van der Waals surface area (Å²) in [5.41, 5.74) is 1.67. The number of aliphatic hydroxyl groups excluding tert-OH is 1. The van der Waals surface area contributed by atoms with Crippen molar-refractivity contribution < 1.29 is 5.11 Å². The van der Waals surface area contributed by atoms with Crippen LogP contribution in [0, 0.1) is 0 Å². The normalized spacial score (nSPS) is 12.9. The molecule has 1 unspecified atom stereocenters. The zero-order chi connectivity index (χ0) is 10.7. The Kier molecular flexibility index (Phi) is 2.89. The number of aliphatic hydroxyl groups is 1. The molecule has 2 N–H and O–H groups in total. The summed E-state index contributed by atoms with van der Waals surface area (Å²) in [6.45, 7) is 0.526. The van der Waals surface area contributed by atoms with Crippen LogP contribution in [0.3, 0.4) is 0 Å². The Balaban J connectivity index is 2.38. The van der Waals surface area contributed by atoms with Gasteiger partial charge in [-0.15, -0.1) is 0 Å². The Morgan fingerprint density at radius 3 is 3.13 bits per heavy atom. The Morgan fingerprint density at radius 1 is 1.47 bits per heavy atom. The van der Waals surface area contributed by atoms with Gasteiger partial charge in [0.25, 0.3) is 0 Å². The molecule has 78 valence electrons. The Labute approximate surface area is 88.0 Å². The van der Waals surface area contributed by atoms with Crippen molar-refractivity contribution in [2.75, 3.05) is 13.6 Å². The van der Waals surface area contributed by atoms with Crippen LogP contribution >= 0.6 is 0 Å². The van der Waals surface area contributed by atoms with Crippen LogP contribution in [-0.2, 0) is 0 Å². The molecule has 4 heteroatoms. The second-order valence-electron chi connectivity index (χ2n) is 3.41. The summed E-state index contributed by atoms with van der Waals surface area (Å²) in [5.74, 6) is 0. The smallest absolute Gasteiger partial charge is 0.0929 e. The Bertz CT molecular complexity index is 458. The number of fused-ring (bicyclic) bond motifs is 1. The second-order valence-corrected chi connectivity index (χ2v) is 3.41. The van der Waals surface area contributed by atoms with E-state index in [1.54, 1.807) is 18.6 Å². The molecule has 0 fully saturated rings. The number of nitrogens with one attached hydrogen (secondary N) is 1. The van der Waals surface area contributed by atoms with Crippen molar-refractivity contribution in [1.82, 2.24) is 15.3 Å². The second kappa shape index (κ2) is 4.33. The predicted octanol–water partition coefficient (Wildman–Crippen LogP) is 0.883. The van der Waals surface area contributed by atoms with Crippen LogP contribution in [0.1, 0.15) is 11.7 Å². The third-order valence-electron chi connectivity index (χ3n) is 2.29. The summed E-state index contributed by atoms with van der Waals surface area (Å²) >= 11 is 0. The predicted molar refractivity (Wildman–Crippen MR) is 58.4 cm³/mol. The summed E-state index contributed by atoms with van der Waals surface area (Å²) in [6.07, 6.45) is 4.61. The summed E-state index contributed by atoms with van der Waals surface area (Å²) in [4.78, 5) is 8.22. The lowest BCUT2D eigenvalue weighted by Gasteiger charge is -2.10. The fourth-order valence-electron chi connectivity index (χ4n) is 1.48. The average molecular weight is 203 g/mol. The number of likely N-dealkylation sites (N-methyl/N-ethyl adjacent to an activating group) is 1. The quantitative estimate of drug-likeness (QED) is 0.777. The number of hydrogen-bond acceptors (Lipinski definition) is 4. The first-order chi connectivity index (χ1) is 7.31. The number of rotatable bonds is 3. The zero-order valence-corrected chi connectivity index (χ0v) is 8.51. The van der Waals surface area contributed by atoms with Gasteiger partial charge in [-0.25, -0.2) is 0 Å². The lowest BCUT2D eigenvalue weighted by atomic mass is 10.1. The maximum atomic E-state index is 9.76. The molecule has 0 aliphatic carbocycles. The Morgan fingerprint density at radius 2 is 2.33 bits per heavy atom. The monoisotopic (exact) mass is 203 g/mol. The molecule has 2 aromatic rings. The lowest BCUT2D eigenvalue weighted by Crippen LogP contribution is -2.16. The molecule has 0 spiro atoms. The first kappa shape index (κ1) is 10.0. The number of nitrogens with zero attached hydrogens (tertiary/aromatic N) is 2. The summed E-state index contributed by atoms with van der Waals surface area (Å²) in [7, 11) is 1.81. The molecule has 0 bridgehead atoms.